The summed E-state index contributed by atoms with van der Waals surface area (Å²) < 4.78 is 16.8. The van der Waals surface area contributed by atoms with Crippen molar-refractivity contribution >= 4 is 45.8 Å². The summed E-state index contributed by atoms with van der Waals surface area (Å²) in [5, 5.41) is 16.7. The number of fused-ring (bicyclic) bond motifs is 6. The maximum Gasteiger partial charge on any atom is 0.407 e. The summed E-state index contributed by atoms with van der Waals surface area (Å²) in [5.41, 5.74) is 6.44. The molecule has 0 spiro atoms. The number of methoxy groups -OCH3 is 2. The van der Waals surface area contributed by atoms with Gasteiger partial charge in [0.25, 0.3) is 0 Å². The van der Waals surface area contributed by atoms with Gasteiger partial charge < -0.3 is 49.7 Å². The highest BCUT2D eigenvalue weighted by Crippen LogP contribution is 2.44. The number of carboxylic acid groups (broad SMARTS) is 1. The van der Waals surface area contributed by atoms with E-state index in [-0.39, 0.29) is 47.7 Å². The molecule has 3 aromatic carbocycles. The van der Waals surface area contributed by atoms with Crippen molar-refractivity contribution in [2.45, 2.75) is 124 Å². The summed E-state index contributed by atoms with van der Waals surface area (Å²) in [6, 6.07) is 12.2. The maximum absolute atomic E-state index is 14.2. The summed E-state index contributed by atoms with van der Waals surface area (Å²) in [6.45, 7) is 17.4. The van der Waals surface area contributed by atoms with Crippen molar-refractivity contribution in [1.82, 2.24) is 40.4 Å². The second-order valence-corrected chi connectivity index (χ2v) is 19.1. The molecule has 0 saturated carbocycles. The van der Waals surface area contributed by atoms with E-state index in [1.54, 1.807) is 18.2 Å². The topological polar surface area (TPSA) is 204 Å². The molecule has 5 N–H and O–H groups in total. The highest BCUT2D eigenvalue weighted by Gasteiger charge is 2.43. The molecule has 2 aromatic heterocycles. The number of aromatic nitrogens is 4. The fraction of sp³-hybridized carbons (Fsp3) is 0.510. The third-order valence-corrected chi connectivity index (χ3v) is 13.6. The van der Waals surface area contributed by atoms with Crippen molar-refractivity contribution in [3.05, 3.63) is 71.8 Å². The fourth-order valence-corrected chi connectivity index (χ4v) is 9.72. The van der Waals surface area contributed by atoms with Gasteiger partial charge in [0.05, 0.1) is 48.7 Å². The lowest BCUT2D eigenvalue weighted by Gasteiger charge is -2.33. The molecule has 0 aliphatic carbocycles. The summed E-state index contributed by atoms with van der Waals surface area (Å²) in [6.07, 6.45) is 3.46. The summed E-state index contributed by atoms with van der Waals surface area (Å²) in [7, 11) is 2.96. The van der Waals surface area contributed by atoms with Crippen LogP contribution in [0, 0.1) is 23.7 Å². The average Bonchev–Trinajstić information content (AvgIpc) is 4.14. The minimum Gasteiger partial charge on any atom is -0.488 e. The Morgan fingerprint density at radius 3 is 2.28 bits per heavy atom. The van der Waals surface area contributed by atoms with Crippen molar-refractivity contribution in [2.24, 2.45) is 17.8 Å². The van der Waals surface area contributed by atoms with E-state index in [2.05, 4.69) is 77.8 Å². The largest absolute Gasteiger partial charge is 0.488 e. The van der Waals surface area contributed by atoms with Crippen molar-refractivity contribution in [3.8, 4) is 28.1 Å². The van der Waals surface area contributed by atoms with E-state index < -0.39 is 24.3 Å². The van der Waals surface area contributed by atoms with Gasteiger partial charge >= 0.3 is 12.2 Å². The zero-order chi connectivity index (χ0) is 48.3. The first kappa shape index (κ1) is 48.8. The van der Waals surface area contributed by atoms with Crippen LogP contribution >= 0.6 is 0 Å². The number of ether oxygens (including phenoxy) is 3. The van der Waals surface area contributed by atoms with Gasteiger partial charge in [-0.2, -0.15) is 0 Å². The van der Waals surface area contributed by atoms with Gasteiger partial charge in [-0.3, -0.25) is 9.59 Å². The number of amides is 4. The molecule has 0 unspecified atom stereocenters. The molecule has 8 atom stereocenters. The number of likely N-dealkylation sites (tertiary alicyclic amines) is 2. The molecule has 2 saturated heterocycles. The third-order valence-electron chi connectivity index (χ3n) is 13.6. The Hall–Kier alpha value is -6.16. The molecule has 16 nitrogen and oxygen atoms in total. The molecule has 0 bridgehead atoms. The molecule has 67 heavy (non-hydrogen) atoms. The number of imidazole rings is 2. The Kier molecular flexibility index (Phi) is 15.1. The van der Waals surface area contributed by atoms with Gasteiger partial charge in [-0.25, -0.2) is 19.6 Å². The second kappa shape index (κ2) is 20.8. The van der Waals surface area contributed by atoms with E-state index in [9.17, 15) is 24.3 Å². The second-order valence-electron chi connectivity index (χ2n) is 19.1. The average molecular weight is 920 g/mol. The Balaban J connectivity index is 0.00000160. The lowest BCUT2D eigenvalue weighted by Crippen LogP contribution is -2.52. The van der Waals surface area contributed by atoms with Crippen LogP contribution in [0.1, 0.15) is 117 Å². The van der Waals surface area contributed by atoms with Crippen molar-refractivity contribution in [1.29, 1.82) is 0 Å². The number of nitrogens with one attached hydrogen (secondary N) is 4. The van der Waals surface area contributed by atoms with Crippen LogP contribution in [0.15, 0.2) is 48.7 Å². The van der Waals surface area contributed by atoms with Crippen LogP contribution < -0.4 is 15.4 Å². The van der Waals surface area contributed by atoms with E-state index in [1.807, 2.05) is 45.6 Å². The van der Waals surface area contributed by atoms with E-state index in [0.717, 1.165) is 68.3 Å². The lowest BCUT2D eigenvalue weighted by molar-refractivity contribution is -0.137. The molecule has 3 aliphatic heterocycles. The standard InChI is InChI=1S/C47H58N8O8.C4H9/c1-8-24(3)39(53-47(60)62-7)44(56)54-21-27(22-61-6)16-37(54)43-49-34-14-12-28-18-33-31-13-11-29(17-30(31)23-63-38(33)19-32(28)41(34)51-43)35-20-48-42(50-35)36-15-10-26(5)55(36)45(57)40(25(4)9-2)52-46(58)59;1-4(2)3/h11-14,17-20,24-27,36-37,39-40,52H,8-10,15-16,21-23H2,1-7H3,(H,48,50)(H,49,51)(H,53,60)(H,58,59);1-3H3/t24-,25-,26-,27-,36-,37-,39-,40-;/m0./s1. The number of alkyl carbamates (subject to hydrolysis) is 1. The van der Waals surface area contributed by atoms with Crippen LogP contribution in [0.5, 0.6) is 5.75 Å². The molecule has 4 amide bonds. The van der Waals surface area contributed by atoms with Crippen LogP contribution in [0.4, 0.5) is 9.59 Å². The summed E-state index contributed by atoms with van der Waals surface area (Å²) in [5.74, 6) is 2.94. The number of benzene rings is 3. The van der Waals surface area contributed by atoms with Gasteiger partial charge in [-0.05, 0) is 90.3 Å². The Labute approximate surface area is 392 Å². The molecule has 1 radical (unpaired) electrons. The molecule has 2 fully saturated rings. The SMILES string of the molecule is CC[C@H](C)[C@H](NC(=O)OC)C(=O)N1C[C@@H](COC)C[C@H]1c1nc2ccc3cc4c(cc3c2[nH]1)OCc1cc(-c2cnc([C@@H]3CC[C@H](C)N3C(=O)[C@@H](NC(=O)O)[C@@H](C)CC)[nH]2)ccc1-4.C[C](C)C. The van der Waals surface area contributed by atoms with Crippen LogP contribution in [-0.4, -0.2) is 104 Å². The number of aromatic amines is 2. The normalized spacial score (nSPS) is 20.6. The molecule has 359 valence electrons. The first-order valence-electron chi connectivity index (χ1n) is 23.6. The number of H-pyrrole nitrogens is 2. The van der Waals surface area contributed by atoms with Gasteiger partial charge in [-0.1, -0.05) is 79.5 Å². The highest BCUT2D eigenvalue weighted by atomic mass is 16.5. The maximum atomic E-state index is 14.2. The smallest absolute Gasteiger partial charge is 0.407 e. The molecule has 8 rings (SSSR count). The first-order chi connectivity index (χ1) is 32.1. The fourth-order valence-electron chi connectivity index (χ4n) is 9.72. The summed E-state index contributed by atoms with van der Waals surface area (Å²) in [4.78, 5) is 72.5. The zero-order valence-corrected chi connectivity index (χ0v) is 40.5. The summed E-state index contributed by atoms with van der Waals surface area (Å²) >= 11 is 0. The van der Waals surface area contributed by atoms with Gasteiger partial charge in [0.15, 0.2) is 0 Å². The van der Waals surface area contributed by atoms with Crippen LogP contribution in [0.3, 0.4) is 0 Å². The molecule has 5 aromatic rings. The molecular formula is C51H67N8O8. The van der Waals surface area contributed by atoms with E-state index >= 15 is 0 Å². The van der Waals surface area contributed by atoms with Crippen LogP contribution in [-0.2, 0) is 25.7 Å². The number of hydrogen-bond acceptors (Lipinski definition) is 9. The van der Waals surface area contributed by atoms with E-state index in [4.69, 9.17) is 24.2 Å². The zero-order valence-electron chi connectivity index (χ0n) is 40.5. The number of rotatable bonds is 13. The molecule has 16 heteroatoms. The van der Waals surface area contributed by atoms with E-state index in [1.165, 1.54) is 13.0 Å². The van der Waals surface area contributed by atoms with Gasteiger partial charge in [0.1, 0.15) is 36.1 Å². The quantitative estimate of drug-likeness (QED) is 0.0757. The Morgan fingerprint density at radius 1 is 0.896 bits per heavy atom. The van der Waals surface area contributed by atoms with Crippen LogP contribution in [0.2, 0.25) is 0 Å². The number of hydrogen-bond donors (Lipinski definition) is 5. The predicted octanol–water partition coefficient (Wildman–Crippen LogP) is 9.33. The molecular weight excluding hydrogens is 853 g/mol. The predicted molar refractivity (Wildman–Crippen MR) is 257 cm³/mol. The number of carbonyl (C=O) groups excluding carboxylic acids is 3. The molecule has 5 heterocycles. The lowest BCUT2D eigenvalue weighted by atomic mass is 9.92. The minimum absolute atomic E-state index is 0.0607. The van der Waals surface area contributed by atoms with Gasteiger partial charge in [0.2, 0.25) is 11.8 Å². The highest BCUT2D eigenvalue weighted by molar-refractivity contribution is 6.07. The van der Waals surface area contributed by atoms with Gasteiger partial charge in [-0.15, -0.1) is 0 Å². The first-order valence-corrected chi connectivity index (χ1v) is 23.6. The van der Waals surface area contributed by atoms with Crippen molar-refractivity contribution in [3.63, 3.8) is 0 Å². The Morgan fingerprint density at radius 2 is 1.61 bits per heavy atom. The minimum atomic E-state index is -1.21. The third kappa shape index (κ3) is 10.2. The molecule has 3 aliphatic rings. The van der Waals surface area contributed by atoms with Gasteiger partial charge in [0, 0.05) is 36.6 Å². The van der Waals surface area contributed by atoms with Crippen LogP contribution in [0.25, 0.3) is 44.2 Å². The van der Waals surface area contributed by atoms with E-state index in [0.29, 0.717) is 50.7 Å². The number of carbonyl (C=O) groups is 4. The monoisotopic (exact) mass is 920 g/mol. The number of nitrogens with zero attached hydrogens (tertiary/aromatic N) is 4. The Bertz CT molecular complexity index is 2590. The van der Waals surface area contributed by atoms with Crippen molar-refractivity contribution < 1.29 is 38.5 Å². The van der Waals surface area contributed by atoms with Crippen molar-refractivity contribution in [2.75, 3.05) is 27.4 Å².